The molecule has 1 atom stereocenters. The Morgan fingerprint density at radius 1 is 1.25 bits per heavy atom. The molecule has 20 heavy (non-hydrogen) atoms. The molecule has 0 radical (unpaired) electrons. The Morgan fingerprint density at radius 3 is 2.45 bits per heavy atom. The van der Waals surface area contributed by atoms with Crippen LogP contribution in [0.4, 0.5) is 4.79 Å². The molecule has 0 unspecified atom stereocenters. The lowest BCUT2D eigenvalue weighted by Crippen LogP contribution is -2.41. The first-order chi connectivity index (χ1) is 9.31. The van der Waals surface area contributed by atoms with E-state index in [0.717, 1.165) is 11.3 Å². The first-order valence-corrected chi connectivity index (χ1v) is 7.19. The molecule has 0 spiro atoms. The average Bonchev–Trinajstić information content (AvgIpc) is 2.55. The fourth-order valence-electron chi connectivity index (χ4n) is 2.06. The smallest absolute Gasteiger partial charge is 0.325 e. The monoisotopic (exact) mass is 283 g/mol. The number of hydrogen-bond acceptors (Lipinski definition) is 3. The summed E-state index contributed by atoms with van der Waals surface area (Å²) in [6, 6.07) is -0.967. The third-order valence-electron chi connectivity index (χ3n) is 3.16. The highest BCUT2D eigenvalue weighted by molar-refractivity contribution is 6.06. The molecule has 1 aliphatic heterocycles. The number of hydrogen-bond donors (Lipinski definition) is 2. The summed E-state index contributed by atoms with van der Waals surface area (Å²) >= 11 is 0. The van der Waals surface area contributed by atoms with Gasteiger partial charge >= 0.3 is 6.03 Å². The quantitative estimate of drug-likeness (QED) is 0.687. The molecule has 1 heterocycles. The molecule has 1 aliphatic rings. The molecule has 1 fully saturated rings. The van der Waals surface area contributed by atoms with Gasteiger partial charge in [-0.05, 0) is 24.7 Å². The van der Waals surface area contributed by atoms with Crippen molar-refractivity contribution in [2.75, 3.05) is 13.1 Å². The summed E-state index contributed by atoms with van der Waals surface area (Å²) < 4.78 is 0. The number of carbonyl (C=O) groups excluding carboxylic acids is 3. The van der Waals surface area contributed by atoms with Gasteiger partial charge in [-0.15, -0.1) is 0 Å². The van der Waals surface area contributed by atoms with E-state index in [1.165, 1.54) is 0 Å². The molecule has 2 N–H and O–H groups in total. The van der Waals surface area contributed by atoms with Crippen molar-refractivity contribution in [3.05, 3.63) is 0 Å². The minimum atomic E-state index is -0.494. The average molecular weight is 283 g/mol. The maximum atomic E-state index is 12.0. The van der Waals surface area contributed by atoms with Crippen LogP contribution in [0.3, 0.4) is 0 Å². The van der Waals surface area contributed by atoms with Crippen LogP contribution >= 0.6 is 0 Å². The van der Waals surface area contributed by atoms with Crippen molar-refractivity contribution in [1.29, 1.82) is 0 Å². The zero-order valence-electron chi connectivity index (χ0n) is 12.7. The van der Waals surface area contributed by atoms with Crippen molar-refractivity contribution in [2.24, 2.45) is 11.8 Å². The highest BCUT2D eigenvalue weighted by Gasteiger charge is 2.38. The van der Waals surface area contributed by atoms with Gasteiger partial charge in [-0.1, -0.05) is 27.7 Å². The number of urea groups is 1. The Bertz CT molecular complexity index is 380. The third kappa shape index (κ3) is 4.83. The molecule has 0 aromatic rings. The predicted molar refractivity (Wildman–Crippen MR) is 76.0 cm³/mol. The molecule has 0 bridgehead atoms. The van der Waals surface area contributed by atoms with E-state index in [9.17, 15) is 14.4 Å². The van der Waals surface area contributed by atoms with Crippen LogP contribution in [-0.4, -0.2) is 41.9 Å². The summed E-state index contributed by atoms with van der Waals surface area (Å²) in [6.07, 6.45) is 1.47. The lowest BCUT2D eigenvalue weighted by Gasteiger charge is -2.14. The van der Waals surface area contributed by atoms with Crippen molar-refractivity contribution < 1.29 is 14.4 Å². The molecule has 0 aliphatic carbocycles. The highest BCUT2D eigenvalue weighted by atomic mass is 16.2. The van der Waals surface area contributed by atoms with E-state index in [-0.39, 0.29) is 18.4 Å². The molecule has 114 valence electrons. The van der Waals surface area contributed by atoms with Crippen molar-refractivity contribution >= 4 is 17.8 Å². The van der Waals surface area contributed by atoms with Crippen LogP contribution in [0, 0.1) is 11.8 Å². The van der Waals surface area contributed by atoms with Gasteiger partial charge in [-0.3, -0.25) is 14.5 Å². The lowest BCUT2D eigenvalue weighted by molar-refractivity contribution is -0.132. The fraction of sp³-hybridized carbons (Fsp3) is 0.786. The van der Waals surface area contributed by atoms with E-state index < -0.39 is 12.1 Å². The van der Waals surface area contributed by atoms with Crippen molar-refractivity contribution in [3.63, 3.8) is 0 Å². The van der Waals surface area contributed by atoms with E-state index in [4.69, 9.17) is 0 Å². The third-order valence-corrected chi connectivity index (χ3v) is 3.16. The van der Waals surface area contributed by atoms with Crippen LogP contribution in [0.25, 0.3) is 0 Å². The topological polar surface area (TPSA) is 78.5 Å². The second-order valence-corrected chi connectivity index (χ2v) is 6.09. The number of amides is 4. The molecular formula is C14H25N3O3. The highest BCUT2D eigenvalue weighted by Crippen LogP contribution is 2.13. The molecule has 4 amide bonds. The largest absolute Gasteiger partial charge is 0.355 e. The first-order valence-electron chi connectivity index (χ1n) is 7.19. The van der Waals surface area contributed by atoms with Crippen LogP contribution in [-0.2, 0) is 9.59 Å². The molecule has 6 nitrogen and oxygen atoms in total. The summed E-state index contributed by atoms with van der Waals surface area (Å²) in [7, 11) is 0. The van der Waals surface area contributed by atoms with Gasteiger partial charge in [0.2, 0.25) is 5.91 Å². The zero-order valence-corrected chi connectivity index (χ0v) is 12.7. The number of rotatable bonds is 7. The van der Waals surface area contributed by atoms with Gasteiger partial charge in [0.1, 0.15) is 12.6 Å². The maximum absolute atomic E-state index is 12.0. The van der Waals surface area contributed by atoms with E-state index in [0.29, 0.717) is 24.8 Å². The number of carbonyl (C=O) groups is 3. The van der Waals surface area contributed by atoms with E-state index in [2.05, 4.69) is 24.5 Å². The summed E-state index contributed by atoms with van der Waals surface area (Å²) in [5.41, 5.74) is 0. The predicted octanol–water partition coefficient (Wildman–Crippen LogP) is 1.12. The van der Waals surface area contributed by atoms with Gasteiger partial charge in [-0.25, -0.2) is 4.79 Å². The van der Waals surface area contributed by atoms with E-state index in [1.807, 2.05) is 13.8 Å². The normalized spacial score (nSPS) is 18.9. The maximum Gasteiger partial charge on any atom is 0.325 e. The molecule has 1 rings (SSSR count). The minimum Gasteiger partial charge on any atom is -0.355 e. The molecule has 0 saturated carbocycles. The van der Waals surface area contributed by atoms with Crippen LogP contribution in [0.1, 0.15) is 40.5 Å². The molecule has 0 aromatic heterocycles. The Kier molecular flexibility index (Phi) is 5.98. The second-order valence-electron chi connectivity index (χ2n) is 6.09. The SMILES string of the molecule is CC(C)CCNC(=O)CN1C(=O)N[C@@H](CC(C)C)C1=O. The Balaban J connectivity index is 2.45. The molecule has 6 heteroatoms. The minimum absolute atomic E-state index is 0.197. The first kappa shape index (κ1) is 16.5. The van der Waals surface area contributed by atoms with Crippen LogP contribution in [0.15, 0.2) is 0 Å². The number of nitrogens with zero attached hydrogens (tertiary/aromatic N) is 1. The zero-order chi connectivity index (χ0) is 15.3. The summed E-state index contributed by atoms with van der Waals surface area (Å²) in [5.74, 6) is 0.216. The van der Waals surface area contributed by atoms with Crippen molar-refractivity contribution in [1.82, 2.24) is 15.5 Å². The fourth-order valence-corrected chi connectivity index (χ4v) is 2.06. The van der Waals surface area contributed by atoms with Gasteiger partial charge in [0.15, 0.2) is 0 Å². The Labute approximate surface area is 120 Å². The van der Waals surface area contributed by atoms with Crippen LogP contribution in [0.2, 0.25) is 0 Å². The van der Waals surface area contributed by atoms with Gasteiger partial charge in [0.25, 0.3) is 5.91 Å². The lowest BCUT2D eigenvalue weighted by atomic mass is 10.0. The van der Waals surface area contributed by atoms with Gasteiger partial charge in [0.05, 0.1) is 0 Å². The summed E-state index contributed by atoms with van der Waals surface area (Å²) in [4.78, 5) is 36.5. The summed E-state index contributed by atoms with van der Waals surface area (Å²) in [6.45, 7) is 8.48. The van der Waals surface area contributed by atoms with Crippen LogP contribution < -0.4 is 10.6 Å². The number of imide groups is 1. The van der Waals surface area contributed by atoms with E-state index >= 15 is 0 Å². The van der Waals surface area contributed by atoms with Gasteiger partial charge in [0, 0.05) is 6.54 Å². The Hall–Kier alpha value is -1.59. The van der Waals surface area contributed by atoms with E-state index in [1.54, 1.807) is 0 Å². The second kappa shape index (κ2) is 7.26. The van der Waals surface area contributed by atoms with Crippen molar-refractivity contribution in [2.45, 2.75) is 46.6 Å². The van der Waals surface area contributed by atoms with Crippen molar-refractivity contribution in [3.8, 4) is 0 Å². The summed E-state index contributed by atoms with van der Waals surface area (Å²) in [5, 5.41) is 5.35. The molecular weight excluding hydrogens is 258 g/mol. The van der Waals surface area contributed by atoms with Gasteiger partial charge < -0.3 is 10.6 Å². The molecule has 1 saturated heterocycles. The number of nitrogens with one attached hydrogen (secondary N) is 2. The Morgan fingerprint density at radius 2 is 1.90 bits per heavy atom. The standard InChI is InChI=1S/C14H25N3O3/c1-9(2)5-6-15-12(18)8-17-13(19)11(7-10(3)4)16-14(17)20/h9-11H,5-8H2,1-4H3,(H,15,18)(H,16,20)/t11-/m0/s1. The van der Waals surface area contributed by atoms with Gasteiger partial charge in [-0.2, -0.15) is 0 Å². The molecule has 0 aromatic carbocycles. The van der Waals surface area contributed by atoms with Crippen LogP contribution in [0.5, 0.6) is 0 Å².